The lowest BCUT2D eigenvalue weighted by molar-refractivity contribution is 0.0908. The van der Waals surface area contributed by atoms with Crippen molar-refractivity contribution in [2.45, 2.75) is 52.5 Å². The Labute approximate surface area is 181 Å². The standard InChI is InChI=1S/C24H25ClN2O3/c1-6-24(5,7-2)26-21(29)18-12-17-19(13-23(3,4)14-20(17)28)27(22(18)30)16-10-8-15(25)9-11-16/h1,8-12H,7,13-14H2,2-5H3,(H,26,29)/t24-/m0/s1. The lowest BCUT2D eigenvalue weighted by Crippen LogP contribution is -2.47. The normalized spacial score (nSPS) is 16.9. The van der Waals surface area contributed by atoms with Gasteiger partial charge >= 0.3 is 0 Å². The highest BCUT2D eigenvalue weighted by molar-refractivity contribution is 6.30. The molecule has 1 aliphatic carbocycles. The highest BCUT2D eigenvalue weighted by Gasteiger charge is 2.35. The summed E-state index contributed by atoms with van der Waals surface area (Å²) < 4.78 is 1.46. The largest absolute Gasteiger partial charge is 0.336 e. The average molecular weight is 425 g/mol. The van der Waals surface area contributed by atoms with E-state index in [0.29, 0.717) is 41.2 Å². The maximum atomic E-state index is 13.5. The molecule has 1 atom stereocenters. The molecule has 0 spiro atoms. The van der Waals surface area contributed by atoms with Crippen LogP contribution in [0.25, 0.3) is 5.69 Å². The van der Waals surface area contributed by atoms with Crippen LogP contribution in [0.1, 0.15) is 66.9 Å². The number of rotatable bonds is 4. The Morgan fingerprint density at radius 3 is 2.47 bits per heavy atom. The van der Waals surface area contributed by atoms with Crippen molar-refractivity contribution in [2.75, 3.05) is 0 Å². The fraction of sp³-hybridized carbons (Fsp3) is 0.375. The number of benzene rings is 1. The van der Waals surface area contributed by atoms with Crippen LogP contribution in [0.4, 0.5) is 0 Å². The fourth-order valence-electron chi connectivity index (χ4n) is 3.68. The molecule has 0 aliphatic heterocycles. The summed E-state index contributed by atoms with van der Waals surface area (Å²) in [5, 5.41) is 3.28. The zero-order valence-corrected chi connectivity index (χ0v) is 18.4. The predicted molar refractivity (Wildman–Crippen MR) is 118 cm³/mol. The quantitative estimate of drug-likeness (QED) is 0.748. The van der Waals surface area contributed by atoms with Crippen LogP contribution in [0.5, 0.6) is 0 Å². The number of ketones is 1. The number of nitrogens with one attached hydrogen (secondary N) is 1. The summed E-state index contributed by atoms with van der Waals surface area (Å²) in [6.45, 7) is 7.55. The fourth-order valence-corrected chi connectivity index (χ4v) is 3.81. The second-order valence-electron chi connectivity index (χ2n) is 8.76. The van der Waals surface area contributed by atoms with Crippen LogP contribution in [0.2, 0.25) is 5.02 Å². The van der Waals surface area contributed by atoms with Crippen molar-refractivity contribution in [1.29, 1.82) is 0 Å². The van der Waals surface area contributed by atoms with Crippen LogP contribution in [-0.2, 0) is 6.42 Å². The maximum Gasteiger partial charge on any atom is 0.268 e. The highest BCUT2D eigenvalue weighted by Crippen LogP contribution is 2.35. The maximum absolute atomic E-state index is 13.5. The second kappa shape index (κ2) is 7.77. The lowest BCUT2D eigenvalue weighted by atomic mass is 9.75. The molecule has 5 nitrogen and oxygen atoms in total. The number of hydrogen-bond acceptors (Lipinski definition) is 3. The summed E-state index contributed by atoms with van der Waals surface area (Å²) in [5.74, 6) is 1.88. The first kappa shape index (κ1) is 21.9. The zero-order chi connectivity index (χ0) is 22.3. The van der Waals surface area contributed by atoms with Gasteiger partial charge in [-0.15, -0.1) is 6.42 Å². The van der Waals surface area contributed by atoms with E-state index in [2.05, 4.69) is 11.2 Å². The third-order valence-corrected chi connectivity index (χ3v) is 5.89. The van der Waals surface area contributed by atoms with Gasteiger partial charge < -0.3 is 5.32 Å². The van der Waals surface area contributed by atoms with Gasteiger partial charge in [0.15, 0.2) is 5.78 Å². The van der Waals surface area contributed by atoms with Gasteiger partial charge in [0.25, 0.3) is 11.5 Å². The van der Waals surface area contributed by atoms with Crippen molar-refractivity contribution in [3.63, 3.8) is 0 Å². The molecular weight excluding hydrogens is 400 g/mol. The topological polar surface area (TPSA) is 68.2 Å². The minimum Gasteiger partial charge on any atom is -0.336 e. The molecule has 0 fully saturated rings. The molecule has 1 heterocycles. The van der Waals surface area contributed by atoms with Crippen LogP contribution >= 0.6 is 11.6 Å². The predicted octanol–water partition coefficient (Wildman–Crippen LogP) is 4.18. The number of nitrogens with zero attached hydrogens (tertiary/aromatic N) is 1. The summed E-state index contributed by atoms with van der Waals surface area (Å²) in [6.07, 6.45) is 6.94. The molecule has 1 aromatic heterocycles. The van der Waals surface area contributed by atoms with E-state index in [1.54, 1.807) is 31.2 Å². The van der Waals surface area contributed by atoms with E-state index in [-0.39, 0.29) is 16.8 Å². The molecule has 0 saturated carbocycles. The number of fused-ring (bicyclic) bond motifs is 1. The van der Waals surface area contributed by atoms with Gasteiger partial charge in [0.05, 0.1) is 5.54 Å². The molecule has 1 amide bonds. The Balaban J connectivity index is 2.26. The average Bonchev–Trinajstić information content (AvgIpc) is 2.67. The van der Waals surface area contributed by atoms with Crippen molar-refractivity contribution in [2.24, 2.45) is 5.41 Å². The molecule has 0 saturated heterocycles. The molecule has 6 heteroatoms. The summed E-state index contributed by atoms with van der Waals surface area (Å²) in [6, 6.07) is 8.17. The molecule has 2 aromatic rings. The number of carbonyl (C=O) groups is 2. The monoisotopic (exact) mass is 424 g/mol. The second-order valence-corrected chi connectivity index (χ2v) is 9.20. The number of carbonyl (C=O) groups excluding carboxylic acids is 2. The van der Waals surface area contributed by atoms with Gasteiger partial charge in [0.1, 0.15) is 5.56 Å². The van der Waals surface area contributed by atoms with Crippen LogP contribution in [0.15, 0.2) is 35.1 Å². The highest BCUT2D eigenvalue weighted by atomic mass is 35.5. The first-order valence-corrected chi connectivity index (χ1v) is 10.3. The number of pyridine rings is 1. The zero-order valence-electron chi connectivity index (χ0n) is 17.6. The number of Topliss-reactive ketones (excluding diaryl/α,β-unsaturated/α-hetero) is 1. The summed E-state index contributed by atoms with van der Waals surface area (Å²) >= 11 is 6.01. The molecule has 1 aromatic carbocycles. The van der Waals surface area contributed by atoms with Crippen molar-refractivity contribution in [3.8, 4) is 18.0 Å². The molecule has 1 N–H and O–H groups in total. The van der Waals surface area contributed by atoms with Crippen molar-refractivity contribution in [1.82, 2.24) is 9.88 Å². The van der Waals surface area contributed by atoms with Gasteiger partial charge in [-0.2, -0.15) is 0 Å². The van der Waals surface area contributed by atoms with E-state index in [9.17, 15) is 14.4 Å². The van der Waals surface area contributed by atoms with E-state index < -0.39 is 17.0 Å². The van der Waals surface area contributed by atoms with Crippen molar-refractivity contribution in [3.05, 3.63) is 62.5 Å². The Morgan fingerprint density at radius 1 is 1.27 bits per heavy atom. The van der Waals surface area contributed by atoms with E-state index in [1.165, 1.54) is 10.6 Å². The van der Waals surface area contributed by atoms with Crippen molar-refractivity contribution < 1.29 is 9.59 Å². The molecular formula is C24H25ClN2O3. The Hall–Kier alpha value is -2.84. The summed E-state index contributed by atoms with van der Waals surface area (Å²) in [5.41, 5.74) is -0.226. The van der Waals surface area contributed by atoms with E-state index >= 15 is 0 Å². The number of terminal acetylenes is 1. The van der Waals surface area contributed by atoms with Crippen LogP contribution < -0.4 is 10.9 Å². The van der Waals surface area contributed by atoms with E-state index in [4.69, 9.17) is 18.0 Å². The number of aromatic nitrogens is 1. The molecule has 0 unspecified atom stereocenters. The van der Waals surface area contributed by atoms with E-state index in [1.807, 2.05) is 20.8 Å². The molecule has 3 rings (SSSR count). The van der Waals surface area contributed by atoms with Gasteiger partial charge in [-0.05, 0) is 55.5 Å². The van der Waals surface area contributed by atoms with Crippen LogP contribution in [0.3, 0.4) is 0 Å². The Morgan fingerprint density at radius 2 is 1.90 bits per heavy atom. The van der Waals surface area contributed by atoms with Gasteiger partial charge in [-0.1, -0.05) is 38.3 Å². The first-order chi connectivity index (χ1) is 14.0. The van der Waals surface area contributed by atoms with Gasteiger partial charge in [0, 0.05) is 28.4 Å². The van der Waals surface area contributed by atoms with Crippen LogP contribution in [-0.4, -0.2) is 21.8 Å². The van der Waals surface area contributed by atoms with Gasteiger partial charge in [0.2, 0.25) is 0 Å². The summed E-state index contributed by atoms with van der Waals surface area (Å²) in [4.78, 5) is 39.4. The molecule has 1 aliphatic rings. The lowest BCUT2D eigenvalue weighted by Gasteiger charge is -2.32. The van der Waals surface area contributed by atoms with Crippen molar-refractivity contribution >= 4 is 23.3 Å². The van der Waals surface area contributed by atoms with Crippen LogP contribution in [0, 0.1) is 17.8 Å². The smallest absolute Gasteiger partial charge is 0.268 e. The minimum absolute atomic E-state index is 0.0896. The molecule has 30 heavy (non-hydrogen) atoms. The summed E-state index contributed by atoms with van der Waals surface area (Å²) in [7, 11) is 0. The Bertz CT molecular complexity index is 1120. The third kappa shape index (κ3) is 4.06. The van der Waals surface area contributed by atoms with Gasteiger partial charge in [-0.25, -0.2) is 0 Å². The minimum atomic E-state index is -0.892. The molecule has 0 bridgehead atoms. The third-order valence-electron chi connectivity index (χ3n) is 5.63. The Kier molecular flexibility index (Phi) is 5.66. The number of hydrogen-bond donors (Lipinski definition) is 1. The SMILES string of the molecule is C#C[C@@](C)(CC)NC(=O)c1cc2c(n(-c3ccc(Cl)cc3)c1=O)CC(C)(C)CC2=O. The molecule has 0 radical (unpaired) electrons. The van der Waals surface area contributed by atoms with E-state index in [0.717, 1.165) is 0 Å². The number of halogens is 1. The van der Waals surface area contributed by atoms with Gasteiger partial charge in [-0.3, -0.25) is 19.0 Å². The molecule has 156 valence electrons. The number of amides is 1. The first-order valence-electron chi connectivity index (χ1n) is 9.88.